The maximum absolute atomic E-state index is 13.3. The van der Waals surface area contributed by atoms with Crippen LogP contribution in [0.4, 0.5) is 11.4 Å². The maximum atomic E-state index is 13.3. The smallest absolute Gasteiger partial charge is 0.295 e. The van der Waals surface area contributed by atoms with Crippen molar-refractivity contribution >= 4 is 11.4 Å². The molecule has 0 unspecified atom stereocenters. The molecule has 6 nitrogen and oxygen atoms in total. The summed E-state index contributed by atoms with van der Waals surface area (Å²) in [7, 11) is 3.56. The summed E-state index contributed by atoms with van der Waals surface area (Å²) in [6, 6.07) is 17.6. The molecule has 0 spiro atoms. The molecule has 0 atom stereocenters. The van der Waals surface area contributed by atoms with Gasteiger partial charge in [0.2, 0.25) is 0 Å². The molecule has 3 aromatic rings. The number of rotatable bonds is 8. The summed E-state index contributed by atoms with van der Waals surface area (Å²) in [5, 5.41) is 4.72. The minimum absolute atomic E-state index is 0.136. The largest absolute Gasteiger partial charge is 0.497 e. The van der Waals surface area contributed by atoms with E-state index >= 15 is 0 Å². The second-order valence-corrected chi connectivity index (χ2v) is 7.07. The van der Waals surface area contributed by atoms with Crippen molar-refractivity contribution in [3.8, 4) is 22.7 Å². The van der Waals surface area contributed by atoms with E-state index in [0.717, 1.165) is 48.0 Å². The molecule has 0 saturated heterocycles. The zero-order valence-electron chi connectivity index (χ0n) is 18.4. The Hall–Kier alpha value is -3.28. The average Bonchev–Trinajstić information content (AvgIpc) is 2.79. The fourth-order valence-corrected chi connectivity index (χ4v) is 3.43. The lowest BCUT2D eigenvalue weighted by molar-refractivity contribution is 0.415. The molecule has 0 N–H and O–H groups in total. The number of methoxy groups -OCH3 is 1. The highest BCUT2D eigenvalue weighted by Gasteiger charge is 2.15. The fourth-order valence-electron chi connectivity index (χ4n) is 3.43. The van der Waals surface area contributed by atoms with Crippen LogP contribution >= 0.6 is 0 Å². The Morgan fingerprint density at radius 2 is 1.70 bits per heavy atom. The maximum Gasteiger partial charge on any atom is 0.295 e. The minimum Gasteiger partial charge on any atom is -0.497 e. The zero-order chi connectivity index (χ0) is 21.7. The van der Waals surface area contributed by atoms with Crippen LogP contribution in [-0.2, 0) is 0 Å². The van der Waals surface area contributed by atoms with Gasteiger partial charge in [-0.15, -0.1) is 0 Å². The van der Waals surface area contributed by atoms with E-state index in [0.29, 0.717) is 5.69 Å². The van der Waals surface area contributed by atoms with Gasteiger partial charge >= 0.3 is 0 Å². The van der Waals surface area contributed by atoms with E-state index in [-0.39, 0.29) is 5.56 Å². The van der Waals surface area contributed by atoms with Gasteiger partial charge in [0.15, 0.2) is 0 Å². The number of nitrogens with zero attached hydrogens (tertiary/aromatic N) is 4. The van der Waals surface area contributed by atoms with Crippen LogP contribution in [0.3, 0.4) is 0 Å². The topological polar surface area (TPSA) is 50.6 Å². The third kappa shape index (κ3) is 4.32. The summed E-state index contributed by atoms with van der Waals surface area (Å²) >= 11 is 0. The molecular weight excluding hydrogens is 376 g/mol. The lowest BCUT2D eigenvalue weighted by Gasteiger charge is -2.22. The highest BCUT2D eigenvalue weighted by Crippen LogP contribution is 2.25. The van der Waals surface area contributed by atoms with Gasteiger partial charge in [0.1, 0.15) is 11.4 Å². The molecule has 0 aliphatic rings. The number of hydrogen-bond donors (Lipinski definition) is 0. The number of ether oxygens (including phenoxy) is 1. The van der Waals surface area contributed by atoms with E-state index in [4.69, 9.17) is 9.84 Å². The molecule has 0 bridgehead atoms. The lowest BCUT2D eigenvalue weighted by Crippen LogP contribution is -2.30. The molecule has 0 fully saturated rings. The quantitative estimate of drug-likeness (QED) is 0.561. The number of benzene rings is 2. The molecule has 3 rings (SSSR count). The molecule has 158 valence electrons. The van der Waals surface area contributed by atoms with Gasteiger partial charge in [0.05, 0.1) is 18.5 Å². The van der Waals surface area contributed by atoms with E-state index in [1.165, 1.54) is 4.68 Å². The van der Waals surface area contributed by atoms with E-state index in [1.807, 2.05) is 67.4 Å². The fraction of sp³-hybridized carbons (Fsp3) is 0.333. The number of anilines is 2. The Bertz CT molecular complexity index is 1060. The van der Waals surface area contributed by atoms with Crippen molar-refractivity contribution < 1.29 is 4.74 Å². The Morgan fingerprint density at radius 1 is 0.967 bits per heavy atom. The van der Waals surface area contributed by atoms with E-state index in [1.54, 1.807) is 7.11 Å². The van der Waals surface area contributed by atoms with Gasteiger partial charge in [-0.05, 0) is 57.2 Å². The zero-order valence-corrected chi connectivity index (χ0v) is 18.4. The summed E-state index contributed by atoms with van der Waals surface area (Å²) in [4.78, 5) is 17.5. The predicted octanol–water partition coefficient (Wildman–Crippen LogP) is 4.21. The Kier molecular flexibility index (Phi) is 6.77. The third-order valence-electron chi connectivity index (χ3n) is 5.35. The van der Waals surface area contributed by atoms with Gasteiger partial charge in [0.25, 0.3) is 5.56 Å². The van der Waals surface area contributed by atoms with E-state index in [9.17, 15) is 4.79 Å². The first kappa shape index (κ1) is 21.4. The summed E-state index contributed by atoms with van der Waals surface area (Å²) in [6.45, 7) is 8.79. The van der Waals surface area contributed by atoms with Crippen LogP contribution in [0, 0.1) is 0 Å². The van der Waals surface area contributed by atoms with E-state index < -0.39 is 0 Å². The normalized spacial score (nSPS) is 10.7. The van der Waals surface area contributed by atoms with Crippen molar-refractivity contribution in [1.82, 2.24) is 9.78 Å². The molecular formula is C24H30N4O2. The standard InChI is InChI=1S/C24H30N4O2/c1-6-26(4)23-17-22(18-11-9-14-21(15-18)30-5)25-28(24(23)29)20-13-10-12-19(16-20)27(7-2)8-3/h9-17H,6-8H2,1-5H3. The van der Waals surface area contributed by atoms with Gasteiger partial charge in [-0.3, -0.25) is 4.79 Å². The lowest BCUT2D eigenvalue weighted by atomic mass is 10.1. The van der Waals surface area contributed by atoms with Crippen molar-refractivity contribution in [3.63, 3.8) is 0 Å². The van der Waals surface area contributed by atoms with Gasteiger partial charge in [-0.2, -0.15) is 9.78 Å². The average molecular weight is 407 g/mol. The number of aromatic nitrogens is 2. The molecule has 30 heavy (non-hydrogen) atoms. The predicted molar refractivity (Wildman–Crippen MR) is 124 cm³/mol. The van der Waals surface area contributed by atoms with Crippen molar-refractivity contribution in [1.29, 1.82) is 0 Å². The van der Waals surface area contributed by atoms with Crippen molar-refractivity contribution in [2.75, 3.05) is 43.6 Å². The first-order valence-electron chi connectivity index (χ1n) is 10.4. The molecule has 0 aliphatic heterocycles. The Balaban J connectivity index is 2.21. The molecule has 2 aromatic carbocycles. The Labute approximate surface area is 178 Å². The molecule has 0 aliphatic carbocycles. The summed E-state index contributed by atoms with van der Waals surface area (Å²) in [6.07, 6.45) is 0. The van der Waals surface area contributed by atoms with Gasteiger partial charge in [-0.1, -0.05) is 18.2 Å². The van der Waals surface area contributed by atoms with Crippen molar-refractivity contribution in [2.24, 2.45) is 0 Å². The highest BCUT2D eigenvalue weighted by molar-refractivity contribution is 5.66. The SMILES string of the molecule is CCN(C)c1cc(-c2cccc(OC)c2)nn(-c2cccc(N(CC)CC)c2)c1=O. The second-order valence-electron chi connectivity index (χ2n) is 7.07. The van der Waals surface area contributed by atoms with Crippen LogP contribution in [0.25, 0.3) is 16.9 Å². The van der Waals surface area contributed by atoms with Crippen molar-refractivity contribution in [2.45, 2.75) is 20.8 Å². The van der Waals surface area contributed by atoms with Gasteiger partial charge in [-0.25, -0.2) is 0 Å². The van der Waals surface area contributed by atoms with Gasteiger partial charge < -0.3 is 14.5 Å². The molecule has 1 aromatic heterocycles. The van der Waals surface area contributed by atoms with Crippen LogP contribution in [0.5, 0.6) is 5.75 Å². The summed E-state index contributed by atoms with van der Waals surface area (Å²) in [5.74, 6) is 0.751. The molecule has 1 heterocycles. The van der Waals surface area contributed by atoms with Crippen LogP contribution < -0.4 is 20.1 Å². The van der Waals surface area contributed by atoms with Gasteiger partial charge in [0, 0.05) is 37.9 Å². The van der Waals surface area contributed by atoms with E-state index in [2.05, 4.69) is 24.8 Å². The second kappa shape index (κ2) is 9.48. The van der Waals surface area contributed by atoms with Crippen LogP contribution in [0.2, 0.25) is 0 Å². The minimum atomic E-state index is -0.136. The molecule has 0 saturated carbocycles. The Morgan fingerprint density at radius 3 is 2.37 bits per heavy atom. The first-order chi connectivity index (χ1) is 14.5. The third-order valence-corrected chi connectivity index (χ3v) is 5.35. The summed E-state index contributed by atoms with van der Waals surface area (Å²) in [5.41, 5.74) is 3.91. The first-order valence-corrected chi connectivity index (χ1v) is 10.4. The number of hydrogen-bond acceptors (Lipinski definition) is 5. The highest BCUT2D eigenvalue weighted by atomic mass is 16.5. The summed E-state index contributed by atoms with van der Waals surface area (Å²) < 4.78 is 6.87. The van der Waals surface area contributed by atoms with Crippen LogP contribution in [0.15, 0.2) is 59.4 Å². The van der Waals surface area contributed by atoms with Crippen LogP contribution in [-0.4, -0.2) is 43.6 Å². The van der Waals surface area contributed by atoms with Crippen LogP contribution in [0.1, 0.15) is 20.8 Å². The van der Waals surface area contributed by atoms with Crippen molar-refractivity contribution in [3.05, 3.63) is 65.0 Å². The molecule has 6 heteroatoms. The monoisotopic (exact) mass is 406 g/mol. The molecule has 0 amide bonds. The molecule has 0 radical (unpaired) electrons.